The maximum Gasteiger partial charge on any atom is 0.328 e. The molecule has 1 saturated heterocycles. The number of anilines is 1. The molecular formula is C16H23N3O5S. The molecule has 8 nitrogen and oxygen atoms in total. The number of amides is 3. The smallest absolute Gasteiger partial charge is 0.328 e. The van der Waals surface area contributed by atoms with E-state index in [1.807, 2.05) is 11.6 Å². The maximum atomic E-state index is 12.1. The molecule has 25 heavy (non-hydrogen) atoms. The van der Waals surface area contributed by atoms with Crippen LogP contribution in [-0.4, -0.2) is 39.6 Å². The highest BCUT2D eigenvalue weighted by atomic mass is 32.2. The van der Waals surface area contributed by atoms with Crippen LogP contribution in [0.3, 0.4) is 0 Å². The Hall–Kier alpha value is -2.13. The van der Waals surface area contributed by atoms with E-state index >= 15 is 0 Å². The van der Waals surface area contributed by atoms with Crippen LogP contribution in [-0.2, 0) is 19.6 Å². The lowest BCUT2D eigenvalue weighted by Gasteiger charge is -2.11. The molecule has 0 aromatic heterocycles. The van der Waals surface area contributed by atoms with Crippen molar-refractivity contribution in [2.24, 2.45) is 0 Å². The van der Waals surface area contributed by atoms with Crippen LogP contribution in [0.2, 0.25) is 0 Å². The summed E-state index contributed by atoms with van der Waals surface area (Å²) in [5.74, 6) is -0.249. The van der Waals surface area contributed by atoms with Gasteiger partial charge in [0.1, 0.15) is 6.10 Å². The normalized spacial score (nSPS) is 17.1. The predicted octanol–water partition coefficient (Wildman–Crippen LogP) is 1.59. The Kier molecular flexibility index (Phi) is 6.77. The fraction of sp³-hybridized carbons (Fsp3) is 0.500. The van der Waals surface area contributed by atoms with Gasteiger partial charge < -0.3 is 15.4 Å². The average molecular weight is 369 g/mol. The summed E-state index contributed by atoms with van der Waals surface area (Å²) in [7, 11) is -3.96. The van der Waals surface area contributed by atoms with Gasteiger partial charge in [0.25, 0.3) is 15.9 Å². The summed E-state index contributed by atoms with van der Waals surface area (Å²) in [4.78, 5) is 23.5. The number of hydrogen-bond donors (Lipinski definition) is 3. The van der Waals surface area contributed by atoms with E-state index < -0.39 is 22.2 Å². The molecule has 1 aromatic rings. The minimum atomic E-state index is -3.96. The lowest BCUT2D eigenvalue weighted by molar-refractivity contribution is -0.124. The van der Waals surface area contributed by atoms with E-state index in [0.29, 0.717) is 25.3 Å². The van der Waals surface area contributed by atoms with Gasteiger partial charge in [-0.3, -0.25) is 4.79 Å². The van der Waals surface area contributed by atoms with Gasteiger partial charge in [0.05, 0.1) is 4.90 Å². The molecule has 1 atom stereocenters. The van der Waals surface area contributed by atoms with Gasteiger partial charge in [-0.15, -0.1) is 0 Å². The summed E-state index contributed by atoms with van der Waals surface area (Å²) in [6.07, 6.45) is 2.73. The zero-order chi connectivity index (χ0) is 18.3. The Morgan fingerprint density at radius 1 is 1.24 bits per heavy atom. The van der Waals surface area contributed by atoms with Crippen LogP contribution in [0, 0.1) is 0 Å². The molecule has 0 bridgehead atoms. The number of nitrogens with one attached hydrogen (secondary N) is 3. The first kappa shape index (κ1) is 19.2. The summed E-state index contributed by atoms with van der Waals surface area (Å²) in [6.45, 7) is 2.95. The molecule has 1 aromatic carbocycles. The van der Waals surface area contributed by atoms with E-state index in [1.165, 1.54) is 24.3 Å². The lowest BCUT2D eigenvalue weighted by Crippen LogP contribution is -2.39. The molecule has 3 amide bonds. The fourth-order valence-corrected chi connectivity index (χ4v) is 3.25. The quantitative estimate of drug-likeness (QED) is 0.632. The third-order valence-electron chi connectivity index (χ3n) is 3.70. The molecule has 1 heterocycles. The number of unbranched alkanes of at least 4 members (excludes halogenated alkanes) is 1. The number of ether oxygens (including phenoxy) is 1. The summed E-state index contributed by atoms with van der Waals surface area (Å²) in [5, 5.41) is 5.16. The van der Waals surface area contributed by atoms with E-state index in [9.17, 15) is 18.0 Å². The second-order valence-electron chi connectivity index (χ2n) is 5.73. The Morgan fingerprint density at radius 3 is 2.56 bits per heavy atom. The first-order valence-electron chi connectivity index (χ1n) is 8.25. The standard InChI is InChI=1S/C16H23N3O5S/c1-2-3-10-17-16(21)19-25(22,23)13-8-6-12(7-9-13)18-15(20)14-5-4-11-24-14/h6-9,14H,2-5,10-11H2,1H3,(H,18,20)(H2,17,19,21). The molecule has 0 aliphatic carbocycles. The van der Waals surface area contributed by atoms with Crippen LogP contribution in [0.5, 0.6) is 0 Å². The van der Waals surface area contributed by atoms with Gasteiger partial charge in [-0.1, -0.05) is 13.3 Å². The molecule has 2 rings (SSSR count). The monoisotopic (exact) mass is 369 g/mol. The van der Waals surface area contributed by atoms with Gasteiger partial charge in [-0.05, 0) is 43.5 Å². The van der Waals surface area contributed by atoms with E-state index in [-0.39, 0.29) is 10.8 Å². The average Bonchev–Trinajstić information content (AvgIpc) is 3.10. The van der Waals surface area contributed by atoms with Crippen molar-refractivity contribution in [3.05, 3.63) is 24.3 Å². The number of benzene rings is 1. The summed E-state index contributed by atoms with van der Waals surface area (Å²) < 4.78 is 31.5. The maximum absolute atomic E-state index is 12.1. The minimum Gasteiger partial charge on any atom is -0.368 e. The van der Waals surface area contributed by atoms with Crippen LogP contribution in [0.25, 0.3) is 0 Å². The number of carbonyl (C=O) groups excluding carboxylic acids is 2. The van der Waals surface area contributed by atoms with E-state index in [1.54, 1.807) is 0 Å². The van der Waals surface area contributed by atoms with Crippen molar-refractivity contribution >= 4 is 27.6 Å². The van der Waals surface area contributed by atoms with Crippen LogP contribution >= 0.6 is 0 Å². The van der Waals surface area contributed by atoms with Gasteiger partial charge in [0, 0.05) is 18.8 Å². The molecule has 1 aliphatic heterocycles. The zero-order valence-electron chi connectivity index (χ0n) is 14.1. The number of rotatable bonds is 7. The number of urea groups is 1. The molecule has 1 unspecified atom stereocenters. The molecule has 1 fully saturated rings. The van der Waals surface area contributed by atoms with Gasteiger partial charge in [0.15, 0.2) is 0 Å². The number of sulfonamides is 1. The molecule has 0 radical (unpaired) electrons. The Bertz CT molecular complexity index is 697. The molecule has 138 valence electrons. The minimum absolute atomic E-state index is 0.0618. The van der Waals surface area contributed by atoms with Crippen LogP contribution < -0.4 is 15.4 Å². The largest absolute Gasteiger partial charge is 0.368 e. The van der Waals surface area contributed by atoms with Crippen molar-refractivity contribution in [2.75, 3.05) is 18.5 Å². The van der Waals surface area contributed by atoms with Crippen LogP contribution in [0.15, 0.2) is 29.2 Å². The van der Waals surface area contributed by atoms with Gasteiger partial charge in [-0.25, -0.2) is 17.9 Å². The van der Waals surface area contributed by atoms with Crippen molar-refractivity contribution in [1.29, 1.82) is 0 Å². The van der Waals surface area contributed by atoms with Crippen molar-refractivity contribution in [3.8, 4) is 0 Å². The molecule has 3 N–H and O–H groups in total. The van der Waals surface area contributed by atoms with E-state index in [2.05, 4.69) is 10.6 Å². The van der Waals surface area contributed by atoms with E-state index in [4.69, 9.17) is 4.74 Å². The van der Waals surface area contributed by atoms with Crippen LogP contribution in [0.4, 0.5) is 10.5 Å². The Morgan fingerprint density at radius 2 is 1.96 bits per heavy atom. The van der Waals surface area contributed by atoms with Crippen LogP contribution in [0.1, 0.15) is 32.6 Å². The predicted molar refractivity (Wildman–Crippen MR) is 92.7 cm³/mol. The SMILES string of the molecule is CCCCNC(=O)NS(=O)(=O)c1ccc(NC(=O)C2CCCO2)cc1. The fourth-order valence-electron chi connectivity index (χ4n) is 2.32. The molecular weight excluding hydrogens is 346 g/mol. The van der Waals surface area contributed by atoms with Gasteiger partial charge in [-0.2, -0.15) is 0 Å². The highest BCUT2D eigenvalue weighted by Crippen LogP contribution is 2.17. The second-order valence-corrected chi connectivity index (χ2v) is 7.41. The number of carbonyl (C=O) groups is 2. The van der Waals surface area contributed by atoms with Gasteiger partial charge in [0.2, 0.25) is 0 Å². The topological polar surface area (TPSA) is 114 Å². The third-order valence-corrected chi connectivity index (χ3v) is 5.04. The van der Waals surface area contributed by atoms with E-state index in [0.717, 1.165) is 19.3 Å². The molecule has 0 saturated carbocycles. The van der Waals surface area contributed by atoms with Crippen molar-refractivity contribution in [1.82, 2.24) is 10.0 Å². The molecule has 0 spiro atoms. The zero-order valence-corrected chi connectivity index (χ0v) is 14.9. The first-order chi connectivity index (χ1) is 11.9. The van der Waals surface area contributed by atoms with Crippen molar-refractivity contribution in [3.63, 3.8) is 0 Å². The summed E-state index contributed by atoms with van der Waals surface area (Å²) >= 11 is 0. The Labute approximate surface area is 147 Å². The van der Waals surface area contributed by atoms with Crippen molar-refractivity contribution < 1.29 is 22.7 Å². The van der Waals surface area contributed by atoms with Gasteiger partial charge >= 0.3 is 6.03 Å². The highest BCUT2D eigenvalue weighted by Gasteiger charge is 2.23. The second kappa shape index (κ2) is 8.82. The first-order valence-corrected chi connectivity index (χ1v) is 9.74. The number of hydrogen-bond acceptors (Lipinski definition) is 5. The molecule has 9 heteroatoms. The highest BCUT2D eigenvalue weighted by molar-refractivity contribution is 7.90. The summed E-state index contributed by atoms with van der Waals surface area (Å²) in [5.41, 5.74) is 0.465. The third kappa shape index (κ3) is 5.71. The lowest BCUT2D eigenvalue weighted by atomic mass is 10.2. The molecule has 1 aliphatic rings. The summed E-state index contributed by atoms with van der Waals surface area (Å²) in [6, 6.07) is 4.83. The van der Waals surface area contributed by atoms with Crippen molar-refractivity contribution in [2.45, 2.75) is 43.6 Å². The Balaban J connectivity index is 1.93.